The topological polar surface area (TPSA) is 162 Å². The quantitative estimate of drug-likeness (QED) is 0.327. The molecule has 0 aliphatic rings. The van der Waals surface area contributed by atoms with Crippen LogP contribution >= 0.6 is 0 Å². The Morgan fingerprint density at radius 3 is 1.94 bits per heavy atom. The van der Waals surface area contributed by atoms with Gasteiger partial charge in [-0.25, -0.2) is 4.79 Å². The molecule has 0 aliphatic heterocycles. The van der Waals surface area contributed by atoms with Crippen molar-refractivity contribution in [1.82, 2.24) is 0 Å². The van der Waals surface area contributed by atoms with E-state index in [1.807, 2.05) is 0 Å². The van der Waals surface area contributed by atoms with E-state index in [2.05, 4.69) is 4.74 Å². The molecule has 2 atom stereocenters. The molecule has 102 valence electrons. The number of rotatable bonds is 6. The SMILES string of the molecule is COC(=O)C(N)CCN.NCCC(O)C(=O)O. The summed E-state index contributed by atoms with van der Waals surface area (Å²) in [7, 11) is 1.30. The number of esters is 1. The zero-order chi connectivity index (χ0) is 13.8. The molecule has 0 aromatic rings. The Morgan fingerprint density at radius 2 is 1.71 bits per heavy atom. The second kappa shape index (κ2) is 11.3. The highest BCUT2D eigenvalue weighted by Crippen LogP contribution is 1.87. The van der Waals surface area contributed by atoms with Gasteiger partial charge in [0.1, 0.15) is 6.04 Å². The van der Waals surface area contributed by atoms with Gasteiger partial charge in [-0.15, -0.1) is 0 Å². The lowest BCUT2D eigenvalue weighted by atomic mass is 10.2. The molecule has 0 radical (unpaired) electrons. The first kappa shape index (κ1) is 18.2. The van der Waals surface area contributed by atoms with E-state index in [1.54, 1.807) is 0 Å². The molecule has 8 N–H and O–H groups in total. The van der Waals surface area contributed by atoms with Crippen molar-refractivity contribution in [2.75, 3.05) is 20.2 Å². The van der Waals surface area contributed by atoms with E-state index in [4.69, 9.17) is 27.4 Å². The predicted molar refractivity (Wildman–Crippen MR) is 61.0 cm³/mol. The number of aliphatic hydroxyl groups is 1. The van der Waals surface area contributed by atoms with Crippen molar-refractivity contribution in [3.05, 3.63) is 0 Å². The fraction of sp³-hybridized carbons (Fsp3) is 0.778. The maximum atomic E-state index is 10.5. The number of methoxy groups -OCH3 is 1. The molecule has 0 rings (SSSR count). The highest BCUT2D eigenvalue weighted by molar-refractivity contribution is 5.75. The van der Waals surface area contributed by atoms with E-state index in [0.29, 0.717) is 13.0 Å². The summed E-state index contributed by atoms with van der Waals surface area (Å²) < 4.78 is 4.35. The van der Waals surface area contributed by atoms with Gasteiger partial charge in [0.05, 0.1) is 7.11 Å². The Morgan fingerprint density at radius 1 is 1.24 bits per heavy atom. The van der Waals surface area contributed by atoms with Gasteiger partial charge in [0.15, 0.2) is 6.10 Å². The number of aliphatic hydroxyl groups excluding tert-OH is 1. The number of nitrogens with two attached hydrogens (primary N) is 3. The van der Waals surface area contributed by atoms with Crippen molar-refractivity contribution in [2.24, 2.45) is 17.2 Å². The lowest BCUT2D eigenvalue weighted by Gasteiger charge is -2.05. The van der Waals surface area contributed by atoms with Gasteiger partial charge in [-0.1, -0.05) is 0 Å². The summed E-state index contributed by atoms with van der Waals surface area (Å²) in [6, 6.07) is -0.556. The number of carbonyl (C=O) groups excluding carboxylic acids is 1. The van der Waals surface area contributed by atoms with E-state index < -0.39 is 24.1 Å². The standard InChI is InChI=1S/C5H12N2O2.C4H9NO3/c1-9-5(8)4(7)2-3-6;5-2-1-3(6)4(7)8/h4H,2-3,6-7H2,1H3;3,6H,1-2,5H2,(H,7,8). The van der Waals surface area contributed by atoms with Crippen LogP contribution in [0.2, 0.25) is 0 Å². The minimum atomic E-state index is -1.29. The third-order valence-corrected chi connectivity index (χ3v) is 1.71. The molecule has 8 heteroatoms. The minimum Gasteiger partial charge on any atom is -0.479 e. The van der Waals surface area contributed by atoms with Gasteiger partial charge in [-0.3, -0.25) is 4.79 Å². The molecule has 0 bridgehead atoms. The average molecular weight is 251 g/mol. The molecule has 2 unspecified atom stereocenters. The molecular weight excluding hydrogens is 230 g/mol. The summed E-state index contributed by atoms with van der Waals surface area (Å²) >= 11 is 0. The molecule has 0 saturated heterocycles. The van der Waals surface area contributed by atoms with Crippen molar-refractivity contribution < 1.29 is 24.5 Å². The van der Waals surface area contributed by atoms with Gasteiger partial charge < -0.3 is 32.2 Å². The summed E-state index contributed by atoms with van der Waals surface area (Å²) in [4.78, 5) is 20.3. The molecule has 0 saturated carbocycles. The normalized spacial score (nSPS) is 13.0. The number of carboxylic acids is 1. The number of carbonyl (C=O) groups is 2. The van der Waals surface area contributed by atoms with Crippen LogP contribution in [0.5, 0.6) is 0 Å². The smallest absolute Gasteiger partial charge is 0.332 e. The van der Waals surface area contributed by atoms with Crippen molar-refractivity contribution >= 4 is 11.9 Å². The lowest BCUT2D eigenvalue weighted by molar-refractivity contribution is -0.146. The van der Waals surface area contributed by atoms with Crippen LogP contribution in [0.25, 0.3) is 0 Å². The highest BCUT2D eigenvalue weighted by Gasteiger charge is 2.11. The molecule has 0 aromatic carbocycles. The molecule has 0 amide bonds. The van der Waals surface area contributed by atoms with Crippen molar-refractivity contribution in [3.63, 3.8) is 0 Å². The Hall–Kier alpha value is -1.22. The number of hydrogen-bond acceptors (Lipinski definition) is 7. The van der Waals surface area contributed by atoms with E-state index in [9.17, 15) is 9.59 Å². The predicted octanol–water partition coefficient (Wildman–Crippen LogP) is -2.38. The minimum absolute atomic E-state index is 0.120. The van der Waals surface area contributed by atoms with Crippen LogP contribution in [0.4, 0.5) is 0 Å². The van der Waals surface area contributed by atoms with E-state index in [0.717, 1.165) is 0 Å². The Bertz CT molecular complexity index is 225. The first-order chi connectivity index (χ1) is 7.90. The maximum Gasteiger partial charge on any atom is 0.332 e. The molecule has 0 aromatic heterocycles. The van der Waals surface area contributed by atoms with Gasteiger partial charge in [-0.2, -0.15) is 0 Å². The zero-order valence-electron chi connectivity index (χ0n) is 9.83. The first-order valence-electron chi connectivity index (χ1n) is 5.05. The third-order valence-electron chi connectivity index (χ3n) is 1.71. The van der Waals surface area contributed by atoms with Crippen LogP contribution < -0.4 is 17.2 Å². The number of ether oxygens (including phenoxy) is 1. The first-order valence-corrected chi connectivity index (χ1v) is 5.05. The van der Waals surface area contributed by atoms with Crippen LogP contribution in [-0.2, 0) is 14.3 Å². The van der Waals surface area contributed by atoms with Crippen LogP contribution in [0.3, 0.4) is 0 Å². The van der Waals surface area contributed by atoms with E-state index in [1.165, 1.54) is 7.11 Å². The van der Waals surface area contributed by atoms with Crippen LogP contribution in [0, 0.1) is 0 Å². The van der Waals surface area contributed by atoms with Crippen molar-refractivity contribution in [2.45, 2.75) is 25.0 Å². The second-order valence-corrected chi connectivity index (χ2v) is 3.14. The summed E-state index contributed by atoms with van der Waals surface area (Å²) in [5.74, 6) is -1.61. The fourth-order valence-electron chi connectivity index (χ4n) is 0.730. The van der Waals surface area contributed by atoms with Crippen molar-refractivity contribution in [1.29, 1.82) is 0 Å². The van der Waals surface area contributed by atoms with Crippen molar-refractivity contribution in [3.8, 4) is 0 Å². The molecule has 0 spiro atoms. The van der Waals surface area contributed by atoms with Gasteiger partial charge >= 0.3 is 11.9 Å². The van der Waals surface area contributed by atoms with Gasteiger partial charge in [-0.05, 0) is 25.9 Å². The van der Waals surface area contributed by atoms with Gasteiger partial charge in [0, 0.05) is 0 Å². The lowest BCUT2D eigenvalue weighted by Crippen LogP contribution is -2.33. The summed E-state index contributed by atoms with van der Waals surface area (Å²) in [6.07, 6.45) is -0.692. The number of carboxylic acid groups (broad SMARTS) is 1. The fourth-order valence-corrected chi connectivity index (χ4v) is 0.730. The zero-order valence-corrected chi connectivity index (χ0v) is 9.83. The molecule has 0 aliphatic carbocycles. The molecule has 8 nitrogen and oxygen atoms in total. The Labute approximate surface area is 99.7 Å². The van der Waals surface area contributed by atoms with Crippen LogP contribution in [0.15, 0.2) is 0 Å². The summed E-state index contributed by atoms with van der Waals surface area (Å²) in [5, 5.41) is 16.5. The summed E-state index contributed by atoms with van der Waals surface area (Å²) in [5.41, 5.74) is 15.4. The molecular formula is C9H21N3O5. The monoisotopic (exact) mass is 251 g/mol. The van der Waals surface area contributed by atoms with Gasteiger partial charge in [0.2, 0.25) is 0 Å². The third kappa shape index (κ3) is 11.1. The molecule has 17 heavy (non-hydrogen) atoms. The Kier molecular flexibility index (Phi) is 12.0. The number of hydrogen-bond donors (Lipinski definition) is 5. The molecule has 0 heterocycles. The largest absolute Gasteiger partial charge is 0.479 e. The maximum absolute atomic E-state index is 10.5. The van der Waals surface area contributed by atoms with E-state index in [-0.39, 0.29) is 13.0 Å². The van der Waals surface area contributed by atoms with Gasteiger partial charge in [0.25, 0.3) is 0 Å². The summed E-state index contributed by atoms with van der Waals surface area (Å²) in [6.45, 7) is 0.615. The number of aliphatic carboxylic acids is 1. The molecule has 0 fully saturated rings. The van der Waals surface area contributed by atoms with Crippen LogP contribution in [-0.4, -0.2) is 54.5 Å². The highest BCUT2D eigenvalue weighted by atomic mass is 16.5. The second-order valence-electron chi connectivity index (χ2n) is 3.14. The average Bonchev–Trinajstić information content (AvgIpc) is 2.29. The Balaban J connectivity index is 0. The van der Waals surface area contributed by atoms with Crippen LogP contribution in [0.1, 0.15) is 12.8 Å². The van der Waals surface area contributed by atoms with E-state index >= 15 is 0 Å².